The molecule has 1 heterocycles. The summed E-state index contributed by atoms with van der Waals surface area (Å²) in [6, 6.07) is 14.2. The lowest BCUT2D eigenvalue weighted by atomic mass is 10.0. The third kappa shape index (κ3) is 4.35. The van der Waals surface area contributed by atoms with E-state index in [2.05, 4.69) is 10.3 Å². The van der Waals surface area contributed by atoms with Crippen molar-refractivity contribution in [1.29, 1.82) is 5.41 Å². The van der Waals surface area contributed by atoms with Crippen molar-refractivity contribution in [2.75, 3.05) is 18.1 Å². The van der Waals surface area contributed by atoms with Gasteiger partial charge in [-0.2, -0.15) is 0 Å². The number of nitrogens with two attached hydrogens (primary N) is 2. The largest absolute Gasteiger partial charge is 0.457 e. The van der Waals surface area contributed by atoms with Gasteiger partial charge in [-0.25, -0.2) is 4.98 Å². The van der Waals surface area contributed by atoms with Crippen LogP contribution in [0.3, 0.4) is 0 Å². The number of benzene rings is 2. The molecule has 7 nitrogen and oxygen atoms in total. The van der Waals surface area contributed by atoms with Crippen molar-refractivity contribution in [2.45, 2.75) is 13.8 Å². The molecule has 1 aromatic heterocycles. The zero-order chi connectivity index (χ0) is 21.1. The van der Waals surface area contributed by atoms with Crippen molar-refractivity contribution in [1.82, 2.24) is 4.98 Å². The van der Waals surface area contributed by atoms with Gasteiger partial charge in [0.1, 0.15) is 17.3 Å². The van der Waals surface area contributed by atoms with Crippen LogP contribution in [0.1, 0.15) is 28.4 Å². The highest BCUT2D eigenvalue weighted by Gasteiger charge is 2.11. The van der Waals surface area contributed by atoms with Gasteiger partial charge in [0.2, 0.25) is 5.91 Å². The van der Waals surface area contributed by atoms with Gasteiger partial charge in [-0.05, 0) is 43.7 Å². The van der Waals surface area contributed by atoms with Gasteiger partial charge in [0.25, 0.3) is 0 Å². The summed E-state index contributed by atoms with van der Waals surface area (Å²) < 4.78 is 5.99. The Labute approximate surface area is 169 Å². The quantitative estimate of drug-likeness (QED) is 0.475. The minimum absolute atomic E-state index is 0.315. The molecule has 29 heavy (non-hydrogen) atoms. The van der Waals surface area contributed by atoms with Crippen molar-refractivity contribution in [2.24, 2.45) is 5.73 Å². The molecule has 0 bridgehead atoms. The van der Waals surface area contributed by atoms with Crippen molar-refractivity contribution in [3.05, 3.63) is 65.2 Å². The highest BCUT2D eigenvalue weighted by atomic mass is 16.5. The van der Waals surface area contributed by atoms with E-state index in [0.717, 1.165) is 22.4 Å². The summed E-state index contributed by atoms with van der Waals surface area (Å²) in [6.07, 6.45) is 0. The average molecular weight is 389 g/mol. The number of carbonyl (C=O) groups excluding carboxylic acids is 1. The maximum absolute atomic E-state index is 11.4. The van der Waals surface area contributed by atoms with Crippen LogP contribution in [0.4, 0.5) is 11.5 Å². The number of hydrogen-bond donors (Lipinski definition) is 4. The second-order valence-electron chi connectivity index (χ2n) is 6.69. The molecule has 0 radical (unpaired) electrons. The molecular weight excluding hydrogens is 366 g/mol. The smallest absolute Gasteiger partial charge is 0.248 e. The summed E-state index contributed by atoms with van der Waals surface area (Å²) >= 11 is 0. The zero-order valence-corrected chi connectivity index (χ0v) is 16.5. The van der Waals surface area contributed by atoms with Crippen molar-refractivity contribution < 1.29 is 9.53 Å². The number of aromatic nitrogens is 1. The summed E-state index contributed by atoms with van der Waals surface area (Å²) in [6.45, 7) is 3.55. The first-order valence-corrected chi connectivity index (χ1v) is 9.02. The standard InChI is InChI=1S/C22H23N5O2/c1-12-8-14(4-6-17(12)22(25)28)19-10-16(11-21(24)27-19)29-15-5-7-18(13(2)23)20(9-15)26-3/h4-11,23,26H,1-3H3,(H2,24,27)(H2,25,28). The Bertz CT molecular complexity index is 1110. The molecule has 0 atom stereocenters. The van der Waals surface area contributed by atoms with E-state index in [9.17, 15) is 4.79 Å². The Hall–Kier alpha value is -3.87. The van der Waals surface area contributed by atoms with Gasteiger partial charge in [-0.3, -0.25) is 4.79 Å². The monoisotopic (exact) mass is 389 g/mol. The van der Waals surface area contributed by atoms with Crippen LogP contribution < -0.4 is 21.5 Å². The third-order valence-corrected chi connectivity index (χ3v) is 4.51. The van der Waals surface area contributed by atoms with Crippen LogP contribution in [0.5, 0.6) is 11.5 Å². The molecular formula is C22H23N5O2. The van der Waals surface area contributed by atoms with Gasteiger partial charge in [-0.15, -0.1) is 0 Å². The first kappa shape index (κ1) is 19.9. The number of pyridine rings is 1. The van der Waals surface area contributed by atoms with Crippen LogP contribution in [-0.2, 0) is 0 Å². The summed E-state index contributed by atoms with van der Waals surface area (Å²) in [5, 5.41) is 10.9. The number of carbonyl (C=O) groups is 1. The fourth-order valence-electron chi connectivity index (χ4n) is 3.09. The van der Waals surface area contributed by atoms with Crippen LogP contribution in [-0.4, -0.2) is 23.7 Å². The maximum Gasteiger partial charge on any atom is 0.248 e. The first-order valence-electron chi connectivity index (χ1n) is 9.02. The van der Waals surface area contributed by atoms with Gasteiger partial charge in [0.15, 0.2) is 0 Å². The number of primary amides is 1. The number of nitrogens with one attached hydrogen (secondary N) is 2. The Balaban J connectivity index is 1.95. The van der Waals surface area contributed by atoms with E-state index in [1.54, 1.807) is 44.3 Å². The first-order chi connectivity index (χ1) is 13.8. The molecule has 0 unspecified atom stereocenters. The van der Waals surface area contributed by atoms with E-state index in [0.29, 0.717) is 34.3 Å². The normalized spacial score (nSPS) is 10.4. The minimum Gasteiger partial charge on any atom is -0.457 e. The summed E-state index contributed by atoms with van der Waals surface area (Å²) in [5.41, 5.74) is 16.1. The van der Waals surface area contributed by atoms with Gasteiger partial charge in [-0.1, -0.05) is 6.07 Å². The molecule has 0 spiro atoms. The lowest BCUT2D eigenvalue weighted by Crippen LogP contribution is -2.12. The molecule has 0 saturated carbocycles. The number of ether oxygens (including phenoxy) is 1. The number of amides is 1. The summed E-state index contributed by atoms with van der Waals surface area (Å²) in [4.78, 5) is 15.8. The van der Waals surface area contributed by atoms with Crippen molar-refractivity contribution >= 4 is 23.1 Å². The minimum atomic E-state index is -0.470. The zero-order valence-electron chi connectivity index (χ0n) is 16.5. The molecule has 1 amide bonds. The van der Waals surface area contributed by atoms with Crippen LogP contribution in [0, 0.1) is 12.3 Å². The summed E-state index contributed by atoms with van der Waals surface area (Å²) in [7, 11) is 1.80. The Kier molecular flexibility index (Phi) is 5.50. The number of hydrogen-bond acceptors (Lipinski definition) is 6. The SMILES string of the molecule is CNc1cc(Oc2cc(N)nc(-c3ccc(C(N)=O)c(C)c3)c2)ccc1C(C)=N. The van der Waals surface area contributed by atoms with E-state index in [1.807, 2.05) is 25.1 Å². The predicted molar refractivity (Wildman–Crippen MR) is 116 cm³/mol. The molecule has 3 aromatic rings. The molecule has 6 N–H and O–H groups in total. The Morgan fingerprint density at radius 3 is 2.41 bits per heavy atom. The lowest BCUT2D eigenvalue weighted by Gasteiger charge is -2.13. The molecule has 0 aliphatic carbocycles. The van der Waals surface area contributed by atoms with E-state index < -0.39 is 5.91 Å². The fourth-order valence-corrected chi connectivity index (χ4v) is 3.09. The molecule has 0 aliphatic heterocycles. The van der Waals surface area contributed by atoms with E-state index >= 15 is 0 Å². The number of anilines is 2. The average Bonchev–Trinajstić information content (AvgIpc) is 2.66. The number of rotatable bonds is 6. The Morgan fingerprint density at radius 1 is 1.07 bits per heavy atom. The van der Waals surface area contributed by atoms with Crippen LogP contribution in [0.25, 0.3) is 11.3 Å². The summed E-state index contributed by atoms with van der Waals surface area (Å²) in [5.74, 6) is 0.985. The van der Waals surface area contributed by atoms with Crippen LogP contribution in [0.15, 0.2) is 48.5 Å². The van der Waals surface area contributed by atoms with Gasteiger partial charge >= 0.3 is 0 Å². The van der Waals surface area contributed by atoms with Gasteiger partial charge < -0.3 is 26.9 Å². The third-order valence-electron chi connectivity index (χ3n) is 4.51. The van der Waals surface area contributed by atoms with E-state index in [1.165, 1.54) is 0 Å². The van der Waals surface area contributed by atoms with Gasteiger partial charge in [0.05, 0.1) is 5.69 Å². The highest BCUT2D eigenvalue weighted by molar-refractivity contribution is 6.01. The number of nitrogens with zero attached hydrogens (tertiary/aromatic N) is 1. The molecule has 148 valence electrons. The molecule has 0 fully saturated rings. The molecule has 7 heteroatoms. The molecule has 3 rings (SSSR count). The molecule has 0 aliphatic rings. The van der Waals surface area contributed by atoms with E-state index in [4.69, 9.17) is 21.6 Å². The molecule has 0 saturated heterocycles. The van der Waals surface area contributed by atoms with Crippen LogP contribution >= 0.6 is 0 Å². The second-order valence-corrected chi connectivity index (χ2v) is 6.69. The predicted octanol–water partition coefficient (Wildman–Crippen LogP) is 3.96. The maximum atomic E-state index is 11.4. The van der Waals surface area contributed by atoms with Crippen LogP contribution in [0.2, 0.25) is 0 Å². The topological polar surface area (TPSA) is 127 Å². The van der Waals surface area contributed by atoms with Gasteiger partial charge in [0, 0.05) is 53.3 Å². The Morgan fingerprint density at radius 2 is 1.79 bits per heavy atom. The molecule has 2 aromatic carbocycles. The van der Waals surface area contributed by atoms with E-state index in [-0.39, 0.29) is 0 Å². The van der Waals surface area contributed by atoms with Crippen molar-refractivity contribution in [3.63, 3.8) is 0 Å². The second kappa shape index (κ2) is 8.02. The lowest BCUT2D eigenvalue weighted by molar-refractivity contribution is 0.0999. The highest BCUT2D eigenvalue weighted by Crippen LogP contribution is 2.31. The fraction of sp³-hybridized carbons (Fsp3) is 0.136. The number of nitrogen functional groups attached to an aromatic ring is 1. The van der Waals surface area contributed by atoms with Crippen molar-refractivity contribution in [3.8, 4) is 22.8 Å². The number of aryl methyl sites for hydroxylation is 1.